The van der Waals surface area contributed by atoms with Gasteiger partial charge in [-0.2, -0.15) is 0 Å². The van der Waals surface area contributed by atoms with E-state index in [9.17, 15) is 0 Å². The number of fused-ring (bicyclic) bond motifs is 9. The Bertz CT molecular complexity index is 1480. The van der Waals surface area contributed by atoms with E-state index in [0.717, 1.165) is 50.9 Å². The van der Waals surface area contributed by atoms with Crippen LogP contribution in [-0.4, -0.2) is 37.1 Å². The van der Waals surface area contributed by atoms with Crippen LogP contribution in [0.3, 0.4) is 0 Å². The van der Waals surface area contributed by atoms with Crippen LogP contribution in [0.4, 0.5) is 0 Å². The second-order valence-electron chi connectivity index (χ2n) is 7.56. The quantitative estimate of drug-likeness (QED) is 0.532. The number of hydrogen-bond donors (Lipinski definition) is 3. The predicted octanol–water partition coefficient (Wildman–Crippen LogP) is 0.868. The molecule has 0 radical (unpaired) electrons. The van der Waals surface area contributed by atoms with Gasteiger partial charge >= 0.3 is 0 Å². The molecule has 0 saturated carbocycles. The van der Waals surface area contributed by atoms with Gasteiger partial charge in [0.15, 0.2) is 0 Å². The van der Waals surface area contributed by atoms with E-state index in [1.165, 1.54) is 0 Å². The molecule has 0 aliphatic carbocycles. The zero-order valence-electron chi connectivity index (χ0n) is 16.2. The molecule has 6 heterocycles. The number of nitrogens with one attached hydrogen (secondary N) is 3. The molecular formula is C24H20N6. The smallest absolute Gasteiger partial charge is 0.0979 e. The molecule has 0 amide bonds. The number of nitrogens with zero attached hydrogens (tertiary/aromatic N) is 3. The summed E-state index contributed by atoms with van der Waals surface area (Å²) < 4.78 is 0. The van der Waals surface area contributed by atoms with Crippen LogP contribution in [0, 0.1) is 0 Å². The van der Waals surface area contributed by atoms with Crippen molar-refractivity contribution in [3.05, 3.63) is 99.4 Å². The fourth-order valence-corrected chi connectivity index (χ4v) is 3.80. The summed E-state index contributed by atoms with van der Waals surface area (Å²) >= 11 is 0. The highest BCUT2D eigenvalue weighted by Crippen LogP contribution is 2.15. The lowest BCUT2D eigenvalue weighted by Gasteiger charge is -2.13. The van der Waals surface area contributed by atoms with Crippen LogP contribution < -0.4 is 21.4 Å². The van der Waals surface area contributed by atoms with Gasteiger partial charge in [-0.05, 0) is 66.8 Å². The summed E-state index contributed by atoms with van der Waals surface area (Å²) in [6.45, 7) is 0.764. The van der Waals surface area contributed by atoms with Crippen LogP contribution in [0.5, 0.6) is 0 Å². The molecule has 0 unspecified atom stereocenters. The minimum Gasteiger partial charge on any atom is -0.355 e. The minimum atomic E-state index is 0.764. The number of aliphatic imine (C=N–C) groups is 1. The van der Waals surface area contributed by atoms with Crippen molar-refractivity contribution in [2.24, 2.45) is 4.99 Å². The summed E-state index contributed by atoms with van der Waals surface area (Å²) in [6, 6.07) is 12.5. The van der Waals surface area contributed by atoms with E-state index in [0.29, 0.717) is 0 Å². The van der Waals surface area contributed by atoms with Crippen LogP contribution in [-0.2, 0) is 0 Å². The lowest BCUT2D eigenvalue weighted by Crippen LogP contribution is -2.23. The molecule has 6 rings (SSSR count). The molecule has 0 fully saturated rings. The third-order valence-electron chi connectivity index (χ3n) is 5.18. The topological polar surface area (TPSA) is 66.2 Å². The maximum Gasteiger partial charge on any atom is 0.0979 e. The van der Waals surface area contributed by atoms with Crippen molar-refractivity contribution in [3.8, 4) is 0 Å². The predicted molar refractivity (Wildman–Crippen MR) is 120 cm³/mol. The first-order valence-corrected chi connectivity index (χ1v) is 9.90. The van der Waals surface area contributed by atoms with Crippen LogP contribution in [0.15, 0.2) is 71.6 Å². The van der Waals surface area contributed by atoms with Gasteiger partial charge in [0.1, 0.15) is 0 Å². The van der Waals surface area contributed by atoms with Crippen molar-refractivity contribution < 1.29 is 0 Å². The summed E-state index contributed by atoms with van der Waals surface area (Å²) in [5.74, 6) is 0. The Morgan fingerprint density at radius 2 is 1.27 bits per heavy atom. The Labute approximate surface area is 172 Å². The van der Waals surface area contributed by atoms with Gasteiger partial charge in [-0.1, -0.05) is 0 Å². The number of H-pyrrole nitrogens is 3. The van der Waals surface area contributed by atoms with Gasteiger partial charge < -0.3 is 24.8 Å². The minimum absolute atomic E-state index is 0.764. The fourth-order valence-electron chi connectivity index (χ4n) is 3.80. The summed E-state index contributed by atoms with van der Waals surface area (Å²) in [7, 11) is 0. The molecule has 0 aromatic carbocycles. The summed E-state index contributed by atoms with van der Waals surface area (Å²) in [5, 5.41) is 4.20. The van der Waals surface area contributed by atoms with Gasteiger partial charge in [0.05, 0.1) is 28.8 Å². The molecule has 3 N–H and O–H groups in total. The van der Waals surface area contributed by atoms with Gasteiger partial charge in [-0.15, -0.1) is 0 Å². The van der Waals surface area contributed by atoms with Crippen LogP contribution in [0.25, 0.3) is 30.6 Å². The molecule has 3 aliphatic heterocycles. The van der Waals surface area contributed by atoms with E-state index < -0.39 is 0 Å². The molecular weight excluding hydrogens is 372 g/mol. The van der Waals surface area contributed by atoms with Gasteiger partial charge in [0.25, 0.3) is 0 Å². The molecule has 3 aliphatic rings. The molecule has 6 nitrogen and oxygen atoms in total. The maximum absolute atomic E-state index is 4.71. The van der Waals surface area contributed by atoms with Crippen molar-refractivity contribution >= 4 is 36.3 Å². The van der Waals surface area contributed by atoms with E-state index in [4.69, 9.17) is 4.99 Å². The molecule has 30 heavy (non-hydrogen) atoms. The molecule has 3 aromatic heterocycles. The van der Waals surface area contributed by atoms with Crippen molar-refractivity contribution in [1.82, 2.24) is 24.8 Å². The highest BCUT2D eigenvalue weighted by molar-refractivity contribution is 6.19. The Balaban J connectivity index is 1.48. The SMILES string of the molecule is C1=CC2=NC1=Cc1ccc([nH]1)C=c1ccc([nH]1)=CN1C=CN(C=c3ccc([nH]3)=C2)C1. The Kier molecular flexibility index (Phi) is 3.74. The molecule has 0 atom stereocenters. The first kappa shape index (κ1) is 16.7. The standard InChI is InChI=1S/C24H20N6/c1-3-19-12-21-5-7-23(27-21)14-29-9-10-30(16-29)15-24-8-6-22(28-24)13-20-4-2-18(26-20)11-17(1)25-19/h1-15,25,27-28H,16H2. The number of hydrogen-bond acceptors (Lipinski definition) is 3. The van der Waals surface area contributed by atoms with E-state index in [1.807, 2.05) is 12.2 Å². The normalized spacial score (nSPS) is 16.9. The van der Waals surface area contributed by atoms with Crippen molar-refractivity contribution in [1.29, 1.82) is 0 Å². The third-order valence-corrected chi connectivity index (χ3v) is 5.18. The molecule has 6 heteroatoms. The lowest BCUT2D eigenvalue weighted by atomic mass is 10.3. The number of aromatic amines is 3. The lowest BCUT2D eigenvalue weighted by molar-refractivity contribution is 0.436. The average molecular weight is 392 g/mol. The van der Waals surface area contributed by atoms with Crippen molar-refractivity contribution in [3.63, 3.8) is 0 Å². The van der Waals surface area contributed by atoms with Crippen LogP contribution in [0.1, 0.15) is 11.4 Å². The van der Waals surface area contributed by atoms with Crippen molar-refractivity contribution in [2.45, 2.75) is 0 Å². The summed E-state index contributed by atoms with van der Waals surface area (Å²) in [4.78, 5) is 19.3. The van der Waals surface area contributed by atoms with Crippen LogP contribution >= 0.6 is 0 Å². The number of aromatic nitrogens is 3. The fraction of sp³-hybridized carbons (Fsp3) is 0.0417. The van der Waals surface area contributed by atoms with Gasteiger partial charge in [0, 0.05) is 46.9 Å². The summed E-state index contributed by atoms with van der Waals surface area (Å²) in [6.07, 6.45) is 18.6. The zero-order valence-corrected chi connectivity index (χ0v) is 16.2. The van der Waals surface area contributed by atoms with Crippen molar-refractivity contribution in [2.75, 3.05) is 6.67 Å². The molecule has 10 bridgehead atoms. The van der Waals surface area contributed by atoms with Gasteiger partial charge in [0.2, 0.25) is 0 Å². The highest BCUT2D eigenvalue weighted by atomic mass is 15.3. The number of allylic oxidation sites excluding steroid dienone is 2. The second-order valence-corrected chi connectivity index (χ2v) is 7.56. The average Bonchev–Trinajstić information content (AvgIpc) is 3.52. The zero-order chi connectivity index (χ0) is 19.9. The van der Waals surface area contributed by atoms with E-state index in [2.05, 4.69) is 104 Å². The first-order chi connectivity index (χ1) is 14.7. The monoisotopic (exact) mass is 392 g/mol. The van der Waals surface area contributed by atoms with E-state index in [1.54, 1.807) is 0 Å². The highest BCUT2D eigenvalue weighted by Gasteiger charge is 2.08. The van der Waals surface area contributed by atoms with Crippen LogP contribution in [0.2, 0.25) is 0 Å². The van der Waals surface area contributed by atoms with Gasteiger partial charge in [-0.25, -0.2) is 4.99 Å². The van der Waals surface area contributed by atoms with Gasteiger partial charge in [-0.3, -0.25) is 0 Å². The second kappa shape index (κ2) is 6.70. The first-order valence-electron chi connectivity index (χ1n) is 9.90. The third kappa shape index (κ3) is 3.35. The Morgan fingerprint density at radius 1 is 0.633 bits per heavy atom. The van der Waals surface area contributed by atoms with E-state index >= 15 is 0 Å². The Hall–Kier alpha value is -4.19. The molecule has 3 aromatic rings. The van der Waals surface area contributed by atoms with E-state index in [-0.39, 0.29) is 0 Å². The maximum atomic E-state index is 4.71. The largest absolute Gasteiger partial charge is 0.355 e. The number of rotatable bonds is 0. The molecule has 146 valence electrons. The summed E-state index contributed by atoms with van der Waals surface area (Å²) in [5.41, 5.74) is 3.94. The Morgan fingerprint density at radius 3 is 2.00 bits per heavy atom. The molecule has 0 saturated heterocycles. The molecule has 0 spiro atoms.